The molecule has 1 aliphatic heterocycles. The fourth-order valence-electron chi connectivity index (χ4n) is 5.70. The highest BCUT2D eigenvalue weighted by Crippen LogP contribution is 2.47. The molecular formula is C32H30ClN3O6. The average molecular weight is 588 g/mol. The van der Waals surface area contributed by atoms with Crippen LogP contribution < -0.4 is 20.1 Å². The normalized spacial score (nSPS) is 18.3. The Labute approximate surface area is 248 Å². The number of Topliss-reactive ketones (excluding diaryl/α,β-unsaturated/α-hetero) is 1. The maximum absolute atomic E-state index is 14.0. The number of carbonyl (C=O) groups excluding carboxylic acids is 2. The van der Waals surface area contributed by atoms with Crippen LogP contribution >= 0.6 is 11.6 Å². The van der Waals surface area contributed by atoms with E-state index in [0.29, 0.717) is 51.7 Å². The van der Waals surface area contributed by atoms with E-state index in [0.717, 1.165) is 11.1 Å². The van der Waals surface area contributed by atoms with Crippen molar-refractivity contribution in [3.05, 3.63) is 115 Å². The number of hydrogen-bond acceptors (Lipinski definition) is 7. The molecule has 1 amide bonds. The predicted octanol–water partition coefficient (Wildman–Crippen LogP) is 6.57. The lowest BCUT2D eigenvalue weighted by atomic mass is 9.71. The van der Waals surface area contributed by atoms with E-state index in [9.17, 15) is 19.7 Å². The third kappa shape index (κ3) is 5.47. The van der Waals surface area contributed by atoms with Crippen molar-refractivity contribution in [2.75, 3.05) is 19.5 Å². The summed E-state index contributed by atoms with van der Waals surface area (Å²) in [5, 5.41) is 18.0. The van der Waals surface area contributed by atoms with E-state index in [1.807, 2.05) is 37.3 Å². The van der Waals surface area contributed by atoms with Crippen LogP contribution in [0.4, 0.5) is 11.4 Å². The van der Waals surface area contributed by atoms with E-state index in [4.69, 9.17) is 21.1 Å². The Hall–Kier alpha value is -4.63. The summed E-state index contributed by atoms with van der Waals surface area (Å²) in [4.78, 5) is 39.0. The highest BCUT2D eigenvalue weighted by atomic mass is 35.5. The van der Waals surface area contributed by atoms with Gasteiger partial charge < -0.3 is 20.1 Å². The molecule has 0 saturated carbocycles. The molecule has 2 atom stereocenters. The number of carbonyl (C=O) groups is 2. The minimum Gasteiger partial charge on any atom is -0.493 e. The van der Waals surface area contributed by atoms with Gasteiger partial charge in [-0.1, -0.05) is 41.4 Å². The molecule has 2 N–H and O–H groups in total. The van der Waals surface area contributed by atoms with Crippen molar-refractivity contribution in [1.29, 1.82) is 0 Å². The summed E-state index contributed by atoms with van der Waals surface area (Å²) < 4.78 is 10.8. The maximum atomic E-state index is 14.0. The number of rotatable bonds is 7. The lowest BCUT2D eigenvalue weighted by Gasteiger charge is -2.37. The van der Waals surface area contributed by atoms with Crippen LogP contribution in [0.1, 0.15) is 48.3 Å². The summed E-state index contributed by atoms with van der Waals surface area (Å²) in [5.41, 5.74) is 4.66. The van der Waals surface area contributed by atoms with E-state index < -0.39 is 16.7 Å². The summed E-state index contributed by atoms with van der Waals surface area (Å²) in [6, 6.07) is 17.4. The van der Waals surface area contributed by atoms with Gasteiger partial charge in [-0.25, -0.2) is 0 Å². The summed E-state index contributed by atoms with van der Waals surface area (Å²) in [6.07, 6.45) is 0.682. The zero-order valence-electron chi connectivity index (χ0n) is 23.6. The first-order valence-corrected chi connectivity index (χ1v) is 13.8. The first kappa shape index (κ1) is 28.9. The maximum Gasteiger partial charge on any atom is 0.288 e. The fraction of sp³-hybridized carbons (Fsp3) is 0.250. The van der Waals surface area contributed by atoms with Crippen molar-refractivity contribution in [3.8, 4) is 11.5 Å². The summed E-state index contributed by atoms with van der Waals surface area (Å²) in [7, 11) is 3.12. The number of anilines is 1. The summed E-state index contributed by atoms with van der Waals surface area (Å²) >= 11 is 6.13. The number of ketones is 1. The van der Waals surface area contributed by atoms with Gasteiger partial charge in [-0.15, -0.1) is 0 Å². The zero-order valence-corrected chi connectivity index (χ0v) is 24.4. The van der Waals surface area contributed by atoms with E-state index in [1.165, 1.54) is 12.1 Å². The first-order valence-electron chi connectivity index (χ1n) is 13.4. The Morgan fingerprint density at radius 1 is 0.976 bits per heavy atom. The molecule has 5 rings (SSSR count). The number of amides is 1. The minimum absolute atomic E-state index is 0.0262. The van der Waals surface area contributed by atoms with Gasteiger partial charge in [-0.3, -0.25) is 19.7 Å². The first-order chi connectivity index (χ1) is 20.1. The van der Waals surface area contributed by atoms with Crippen molar-refractivity contribution in [1.82, 2.24) is 5.32 Å². The molecule has 2 unspecified atom stereocenters. The van der Waals surface area contributed by atoms with Crippen LogP contribution in [0.2, 0.25) is 5.02 Å². The highest BCUT2D eigenvalue weighted by molar-refractivity contribution is 6.32. The predicted molar refractivity (Wildman–Crippen MR) is 160 cm³/mol. The number of dihydropyridines is 1. The smallest absolute Gasteiger partial charge is 0.288 e. The number of nitrogens with one attached hydrogen (secondary N) is 2. The lowest BCUT2D eigenvalue weighted by Crippen LogP contribution is -2.37. The van der Waals surface area contributed by atoms with E-state index in [2.05, 4.69) is 10.6 Å². The van der Waals surface area contributed by atoms with Gasteiger partial charge in [0.2, 0.25) is 0 Å². The number of hydrogen-bond donors (Lipinski definition) is 2. The second-order valence-corrected chi connectivity index (χ2v) is 10.8. The van der Waals surface area contributed by atoms with Crippen molar-refractivity contribution < 1.29 is 24.0 Å². The topological polar surface area (TPSA) is 120 Å². The molecule has 10 heteroatoms. The molecule has 0 radical (unpaired) electrons. The molecular weight excluding hydrogens is 558 g/mol. The Balaban J connectivity index is 1.59. The molecule has 1 heterocycles. The SMILES string of the molecule is COc1ccc(C2CC(=O)C3=C(C2)NC(C)=C(C(=O)Nc2ccc(C)cc2)C3c2ccc(Cl)c([N+](=O)[O-])c2)cc1OC. The van der Waals surface area contributed by atoms with Gasteiger partial charge in [0.05, 0.1) is 19.1 Å². The number of nitrogens with zero attached hydrogens (tertiary/aromatic N) is 1. The lowest BCUT2D eigenvalue weighted by molar-refractivity contribution is -0.384. The molecule has 1 aliphatic carbocycles. The van der Waals surface area contributed by atoms with E-state index in [1.54, 1.807) is 39.3 Å². The number of allylic oxidation sites excluding steroid dienone is 3. The third-order valence-electron chi connectivity index (χ3n) is 7.76. The quantitative estimate of drug-likeness (QED) is 0.237. The summed E-state index contributed by atoms with van der Waals surface area (Å²) in [6.45, 7) is 3.72. The monoisotopic (exact) mass is 587 g/mol. The van der Waals surface area contributed by atoms with Gasteiger partial charge in [-0.05, 0) is 67.6 Å². The number of aryl methyl sites for hydroxylation is 1. The highest BCUT2D eigenvalue weighted by Gasteiger charge is 2.41. The van der Waals surface area contributed by atoms with Gasteiger partial charge >= 0.3 is 0 Å². The molecule has 9 nitrogen and oxygen atoms in total. The molecule has 0 spiro atoms. The van der Waals surface area contributed by atoms with Gasteiger partial charge in [0.1, 0.15) is 5.02 Å². The van der Waals surface area contributed by atoms with E-state index in [-0.39, 0.29) is 28.8 Å². The van der Waals surface area contributed by atoms with Crippen LogP contribution in [0, 0.1) is 17.0 Å². The molecule has 216 valence electrons. The van der Waals surface area contributed by atoms with Crippen LogP contribution in [-0.4, -0.2) is 30.8 Å². The Bertz CT molecular complexity index is 1660. The van der Waals surface area contributed by atoms with Crippen LogP contribution in [-0.2, 0) is 9.59 Å². The number of halogens is 1. The van der Waals surface area contributed by atoms with Crippen molar-refractivity contribution in [2.45, 2.75) is 38.5 Å². The van der Waals surface area contributed by atoms with Gasteiger partial charge in [0, 0.05) is 46.6 Å². The Morgan fingerprint density at radius 2 is 1.67 bits per heavy atom. The molecule has 42 heavy (non-hydrogen) atoms. The van der Waals surface area contributed by atoms with E-state index >= 15 is 0 Å². The molecule has 0 fully saturated rings. The largest absolute Gasteiger partial charge is 0.493 e. The van der Waals surface area contributed by atoms with Crippen molar-refractivity contribution in [3.63, 3.8) is 0 Å². The molecule has 0 aromatic heterocycles. The van der Waals surface area contributed by atoms with Gasteiger partial charge in [-0.2, -0.15) is 0 Å². The van der Waals surface area contributed by atoms with Crippen LogP contribution in [0.25, 0.3) is 0 Å². The summed E-state index contributed by atoms with van der Waals surface area (Å²) in [5.74, 6) is -0.393. The second kappa shape index (κ2) is 11.7. The van der Waals surface area contributed by atoms with Crippen LogP contribution in [0.15, 0.2) is 83.2 Å². The van der Waals surface area contributed by atoms with Crippen molar-refractivity contribution >= 4 is 34.7 Å². The van der Waals surface area contributed by atoms with Crippen LogP contribution in [0.3, 0.4) is 0 Å². The molecule has 3 aromatic rings. The molecule has 2 aliphatic rings. The fourth-order valence-corrected chi connectivity index (χ4v) is 5.89. The zero-order chi connectivity index (χ0) is 30.1. The number of benzene rings is 3. The molecule has 0 bridgehead atoms. The Morgan fingerprint density at radius 3 is 2.33 bits per heavy atom. The molecule has 0 saturated heterocycles. The second-order valence-electron chi connectivity index (χ2n) is 10.4. The number of nitro groups is 1. The third-order valence-corrected chi connectivity index (χ3v) is 8.08. The van der Waals surface area contributed by atoms with Crippen LogP contribution in [0.5, 0.6) is 11.5 Å². The molecule has 3 aromatic carbocycles. The standard InChI is InChI=1S/C32H30ClN3O6/c1-17-5-9-22(10-6-17)35-32(38)29-18(2)34-24-13-21(19-8-12-27(41-3)28(16-19)42-4)15-26(37)31(24)30(29)20-7-11-23(33)25(14-20)36(39)40/h5-12,14,16,21,30,34H,13,15H2,1-4H3,(H,35,38). The minimum atomic E-state index is -0.832. The number of ether oxygens (including phenoxy) is 2. The van der Waals surface area contributed by atoms with Gasteiger partial charge in [0.25, 0.3) is 11.6 Å². The van der Waals surface area contributed by atoms with Gasteiger partial charge in [0.15, 0.2) is 17.3 Å². The number of methoxy groups -OCH3 is 2. The Kier molecular flexibility index (Phi) is 8.04. The van der Waals surface area contributed by atoms with Crippen molar-refractivity contribution in [2.24, 2.45) is 0 Å². The average Bonchev–Trinajstić information content (AvgIpc) is 2.97. The number of nitro benzene ring substituents is 1.